The van der Waals surface area contributed by atoms with Gasteiger partial charge in [0, 0.05) is 10.9 Å². The molecule has 96 valence electrons. The highest BCUT2D eigenvalue weighted by Crippen LogP contribution is 2.17. The van der Waals surface area contributed by atoms with E-state index >= 15 is 0 Å². The third kappa shape index (κ3) is 2.53. The number of carbonyl (C=O) groups is 1. The van der Waals surface area contributed by atoms with Crippen molar-refractivity contribution in [2.24, 2.45) is 0 Å². The van der Waals surface area contributed by atoms with Gasteiger partial charge in [-0.2, -0.15) is 5.10 Å². The maximum atomic E-state index is 12.2. The van der Waals surface area contributed by atoms with Gasteiger partial charge in [0.1, 0.15) is 0 Å². The number of carbonyl (C=O) groups excluding carboxylic acids is 1. The van der Waals surface area contributed by atoms with Gasteiger partial charge in [0.25, 0.3) is 5.91 Å². The van der Waals surface area contributed by atoms with Gasteiger partial charge in [-0.15, -0.1) is 0 Å². The predicted octanol–water partition coefficient (Wildman–Crippen LogP) is 2.87. The van der Waals surface area contributed by atoms with Crippen LogP contribution < -0.4 is 5.32 Å². The lowest BCUT2D eigenvalue weighted by molar-refractivity contribution is 0.0905. The number of H-pyrrole nitrogens is 1. The molecule has 2 aromatic rings. The molecule has 0 unspecified atom stereocenters. The average Bonchev–Trinajstić information content (AvgIpc) is 2.71. The Kier molecular flexibility index (Phi) is 3.36. The minimum absolute atomic E-state index is 0.120. The summed E-state index contributed by atoms with van der Waals surface area (Å²) in [6.07, 6.45) is 1.98. The van der Waals surface area contributed by atoms with Crippen LogP contribution in [0, 0.1) is 0 Å². The quantitative estimate of drug-likeness (QED) is 0.870. The first kappa shape index (κ1) is 12.6. The summed E-state index contributed by atoms with van der Waals surface area (Å²) in [5.74, 6) is -0.120. The molecule has 1 heterocycles. The molecule has 0 aliphatic carbocycles. The van der Waals surface area contributed by atoms with Gasteiger partial charge in [-0.3, -0.25) is 9.89 Å². The van der Waals surface area contributed by atoms with Crippen molar-refractivity contribution < 1.29 is 4.79 Å². The summed E-state index contributed by atoms with van der Waals surface area (Å²) in [5, 5.41) is 10.9. The van der Waals surface area contributed by atoms with E-state index in [0.717, 1.165) is 23.7 Å². The van der Waals surface area contributed by atoms with Gasteiger partial charge in [-0.25, -0.2) is 0 Å². The summed E-state index contributed by atoms with van der Waals surface area (Å²) in [6, 6.07) is 7.64. The standard InChI is InChI=1S/C14H19N3O/c1-4-9-14(2,3)15-13(18)12-10-7-5-6-8-11(10)16-17-12/h5-8H,4,9H2,1-3H3,(H,15,18)(H,16,17). The molecule has 1 amide bonds. The van der Waals surface area contributed by atoms with Crippen LogP contribution in [0.15, 0.2) is 24.3 Å². The number of para-hydroxylation sites is 1. The van der Waals surface area contributed by atoms with Crippen molar-refractivity contribution in [3.8, 4) is 0 Å². The maximum Gasteiger partial charge on any atom is 0.272 e. The first-order chi connectivity index (χ1) is 8.53. The highest BCUT2D eigenvalue weighted by Gasteiger charge is 2.22. The van der Waals surface area contributed by atoms with Gasteiger partial charge in [0.05, 0.1) is 5.52 Å². The molecule has 0 saturated carbocycles. The third-order valence-corrected chi connectivity index (χ3v) is 3.01. The van der Waals surface area contributed by atoms with Gasteiger partial charge in [-0.05, 0) is 26.3 Å². The summed E-state index contributed by atoms with van der Waals surface area (Å²) >= 11 is 0. The smallest absolute Gasteiger partial charge is 0.272 e. The van der Waals surface area contributed by atoms with Crippen molar-refractivity contribution in [2.45, 2.75) is 39.2 Å². The van der Waals surface area contributed by atoms with Crippen molar-refractivity contribution in [1.82, 2.24) is 15.5 Å². The lowest BCUT2D eigenvalue weighted by Crippen LogP contribution is -2.43. The molecule has 1 aromatic heterocycles. The Bertz CT molecular complexity index is 557. The number of rotatable bonds is 4. The van der Waals surface area contributed by atoms with Crippen LogP contribution in [0.25, 0.3) is 10.9 Å². The second-order valence-corrected chi connectivity index (χ2v) is 5.21. The van der Waals surface area contributed by atoms with Crippen LogP contribution in [0.5, 0.6) is 0 Å². The zero-order chi connectivity index (χ0) is 13.2. The van der Waals surface area contributed by atoms with Crippen molar-refractivity contribution in [1.29, 1.82) is 0 Å². The second kappa shape index (κ2) is 4.80. The largest absolute Gasteiger partial charge is 0.346 e. The Labute approximate surface area is 107 Å². The van der Waals surface area contributed by atoms with Gasteiger partial charge >= 0.3 is 0 Å². The topological polar surface area (TPSA) is 57.8 Å². The number of nitrogens with zero attached hydrogens (tertiary/aromatic N) is 1. The Morgan fingerprint density at radius 1 is 1.39 bits per heavy atom. The number of fused-ring (bicyclic) bond motifs is 1. The van der Waals surface area contributed by atoms with Crippen LogP contribution in [0.1, 0.15) is 44.1 Å². The summed E-state index contributed by atoms with van der Waals surface area (Å²) in [4.78, 5) is 12.2. The number of aromatic amines is 1. The summed E-state index contributed by atoms with van der Waals surface area (Å²) < 4.78 is 0. The molecule has 0 saturated heterocycles. The van der Waals surface area contributed by atoms with Crippen molar-refractivity contribution >= 4 is 16.8 Å². The van der Waals surface area contributed by atoms with E-state index in [1.54, 1.807) is 0 Å². The lowest BCUT2D eigenvalue weighted by Gasteiger charge is -2.25. The Morgan fingerprint density at radius 3 is 2.83 bits per heavy atom. The zero-order valence-electron chi connectivity index (χ0n) is 11.1. The van der Waals surface area contributed by atoms with E-state index in [-0.39, 0.29) is 11.4 Å². The Balaban J connectivity index is 2.24. The van der Waals surface area contributed by atoms with E-state index in [1.165, 1.54) is 0 Å². The van der Waals surface area contributed by atoms with Gasteiger partial charge < -0.3 is 5.32 Å². The molecule has 2 rings (SSSR count). The van der Waals surface area contributed by atoms with E-state index in [4.69, 9.17) is 0 Å². The van der Waals surface area contributed by atoms with E-state index in [9.17, 15) is 4.79 Å². The van der Waals surface area contributed by atoms with Crippen LogP contribution in [0.2, 0.25) is 0 Å². The monoisotopic (exact) mass is 245 g/mol. The van der Waals surface area contributed by atoms with Gasteiger partial charge in [0.15, 0.2) is 5.69 Å². The molecule has 0 spiro atoms. The molecule has 0 atom stereocenters. The highest BCUT2D eigenvalue weighted by molar-refractivity contribution is 6.04. The molecule has 0 fully saturated rings. The zero-order valence-corrected chi connectivity index (χ0v) is 11.1. The van der Waals surface area contributed by atoms with Gasteiger partial charge in [-0.1, -0.05) is 31.5 Å². The average molecular weight is 245 g/mol. The first-order valence-corrected chi connectivity index (χ1v) is 6.29. The number of amides is 1. The molecular formula is C14H19N3O. The SMILES string of the molecule is CCCC(C)(C)NC(=O)c1n[nH]c2ccccc12. The first-order valence-electron chi connectivity index (χ1n) is 6.29. The molecule has 2 N–H and O–H groups in total. The molecule has 18 heavy (non-hydrogen) atoms. The van der Waals surface area contributed by atoms with E-state index < -0.39 is 0 Å². The fraction of sp³-hybridized carbons (Fsp3) is 0.429. The normalized spacial score (nSPS) is 11.7. The van der Waals surface area contributed by atoms with E-state index in [2.05, 4.69) is 22.4 Å². The van der Waals surface area contributed by atoms with Crippen LogP contribution in [-0.4, -0.2) is 21.6 Å². The molecule has 4 nitrogen and oxygen atoms in total. The van der Waals surface area contributed by atoms with Crippen molar-refractivity contribution in [3.63, 3.8) is 0 Å². The number of benzene rings is 1. The fourth-order valence-corrected chi connectivity index (χ4v) is 2.19. The molecule has 0 aliphatic rings. The Morgan fingerprint density at radius 2 is 2.11 bits per heavy atom. The molecule has 0 radical (unpaired) electrons. The fourth-order valence-electron chi connectivity index (χ4n) is 2.19. The number of nitrogens with one attached hydrogen (secondary N) is 2. The lowest BCUT2D eigenvalue weighted by atomic mass is 9.98. The summed E-state index contributed by atoms with van der Waals surface area (Å²) in [5.41, 5.74) is 1.15. The number of hydrogen-bond donors (Lipinski definition) is 2. The minimum atomic E-state index is -0.202. The van der Waals surface area contributed by atoms with Crippen molar-refractivity contribution in [2.75, 3.05) is 0 Å². The van der Waals surface area contributed by atoms with Crippen LogP contribution >= 0.6 is 0 Å². The molecule has 0 aliphatic heterocycles. The van der Waals surface area contributed by atoms with Crippen LogP contribution in [-0.2, 0) is 0 Å². The minimum Gasteiger partial charge on any atom is -0.346 e. The predicted molar refractivity (Wildman–Crippen MR) is 72.5 cm³/mol. The third-order valence-electron chi connectivity index (χ3n) is 3.01. The molecular weight excluding hydrogens is 226 g/mol. The number of aromatic nitrogens is 2. The number of hydrogen-bond acceptors (Lipinski definition) is 2. The summed E-state index contributed by atoms with van der Waals surface area (Å²) in [7, 11) is 0. The maximum absolute atomic E-state index is 12.2. The second-order valence-electron chi connectivity index (χ2n) is 5.21. The van der Waals surface area contributed by atoms with Crippen LogP contribution in [0.3, 0.4) is 0 Å². The Hall–Kier alpha value is -1.84. The molecule has 0 bridgehead atoms. The highest BCUT2D eigenvalue weighted by atomic mass is 16.2. The van der Waals surface area contributed by atoms with Crippen LogP contribution in [0.4, 0.5) is 0 Å². The molecule has 1 aromatic carbocycles. The molecule has 4 heteroatoms. The summed E-state index contributed by atoms with van der Waals surface area (Å²) in [6.45, 7) is 6.17. The van der Waals surface area contributed by atoms with Crippen molar-refractivity contribution in [3.05, 3.63) is 30.0 Å². The van der Waals surface area contributed by atoms with E-state index in [0.29, 0.717) is 5.69 Å². The van der Waals surface area contributed by atoms with Gasteiger partial charge in [0.2, 0.25) is 0 Å². The van der Waals surface area contributed by atoms with E-state index in [1.807, 2.05) is 38.1 Å².